The van der Waals surface area contributed by atoms with E-state index < -0.39 is 29.7 Å². The Morgan fingerprint density at radius 1 is 0.769 bits per heavy atom. The van der Waals surface area contributed by atoms with E-state index in [0.29, 0.717) is 45.3 Å². The maximum absolute atomic E-state index is 13.2. The average Bonchev–Trinajstić information content (AvgIpc) is 3.41. The van der Waals surface area contributed by atoms with Crippen LogP contribution in [0, 0.1) is 0 Å². The molecule has 4 amide bonds. The number of piperidine rings is 1. The molecule has 11 nitrogen and oxygen atoms in total. The van der Waals surface area contributed by atoms with Crippen LogP contribution < -0.4 is 15.4 Å². The van der Waals surface area contributed by atoms with Crippen molar-refractivity contribution >= 4 is 40.5 Å². The summed E-state index contributed by atoms with van der Waals surface area (Å²) in [6.07, 6.45) is 1.00. The van der Waals surface area contributed by atoms with Crippen LogP contribution in [0.3, 0.4) is 0 Å². The molecule has 0 aromatic heterocycles. The first-order chi connectivity index (χ1) is 25.4. The van der Waals surface area contributed by atoms with Crippen LogP contribution in [0.2, 0.25) is 0 Å². The van der Waals surface area contributed by atoms with Gasteiger partial charge in [-0.05, 0) is 77.1 Å². The van der Waals surface area contributed by atoms with E-state index in [1.54, 1.807) is 30.3 Å². The van der Waals surface area contributed by atoms with E-state index in [1.165, 1.54) is 5.57 Å². The lowest BCUT2D eigenvalue weighted by Gasteiger charge is -2.27. The second kappa shape index (κ2) is 17.0. The summed E-state index contributed by atoms with van der Waals surface area (Å²) in [5, 5.41) is 15.2. The number of benzene rings is 4. The van der Waals surface area contributed by atoms with Crippen molar-refractivity contribution in [1.29, 1.82) is 0 Å². The van der Waals surface area contributed by atoms with Gasteiger partial charge in [0.1, 0.15) is 24.1 Å². The molecule has 0 saturated carbocycles. The molecule has 0 aliphatic carbocycles. The Labute approximate surface area is 302 Å². The number of aromatic hydroxyl groups is 1. The van der Waals surface area contributed by atoms with Gasteiger partial charge < -0.3 is 24.6 Å². The number of fused-ring (bicyclic) bond motifs is 1. The summed E-state index contributed by atoms with van der Waals surface area (Å²) in [4.78, 5) is 51.1. The van der Waals surface area contributed by atoms with E-state index in [9.17, 15) is 24.3 Å². The summed E-state index contributed by atoms with van der Waals surface area (Å²) in [6.45, 7) is 4.34. The number of phenolic OH excluding ortho intramolecular Hbond substituents is 1. The Morgan fingerprint density at radius 3 is 2.13 bits per heavy atom. The molecule has 52 heavy (non-hydrogen) atoms. The van der Waals surface area contributed by atoms with Crippen LogP contribution in [-0.2, 0) is 19.1 Å². The lowest BCUT2D eigenvalue weighted by atomic mass is 9.88. The highest BCUT2D eigenvalue weighted by molar-refractivity contribution is 6.25. The molecule has 11 heteroatoms. The zero-order valence-corrected chi connectivity index (χ0v) is 28.9. The third-order valence-electron chi connectivity index (χ3n) is 8.97. The highest BCUT2D eigenvalue weighted by atomic mass is 16.5. The normalized spacial score (nSPS) is 16.0. The molecule has 4 aromatic rings. The van der Waals surface area contributed by atoms with E-state index in [-0.39, 0.29) is 29.7 Å². The predicted octanol–water partition coefficient (Wildman–Crippen LogP) is 5.69. The molecule has 1 atom stereocenters. The molecule has 3 N–H and O–H groups in total. The standard InChI is InChI=1S/C41H41N3O8/c1-2-32(27-7-4-3-5-8-27)37(28-11-15-30(45)16-12-28)29-13-17-31(18-14-29)52-26-25-51-24-23-50-22-21-42-34-10-6-9-33-38(34)41(49)44(40(33)48)35-19-20-36(46)43-39(35)47/h3-18,35,42,45H,2,19-26H2,1H3,(H,43,46,47)/b37-32-. The average molecular weight is 704 g/mol. The molecule has 2 aliphatic heterocycles. The number of nitrogens with zero attached hydrogens (tertiary/aromatic N) is 1. The molecule has 6 rings (SSSR count). The molecule has 0 radical (unpaired) electrons. The first-order valence-corrected chi connectivity index (χ1v) is 17.4. The highest BCUT2D eigenvalue weighted by Gasteiger charge is 2.45. The number of imide groups is 2. The fraction of sp³-hybridized carbons (Fsp3) is 0.268. The molecule has 1 fully saturated rings. The molecular formula is C41H41N3O8. The topological polar surface area (TPSA) is 144 Å². The minimum atomic E-state index is -1.01. The molecule has 2 aliphatic rings. The molecule has 0 bridgehead atoms. The lowest BCUT2D eigenvalue weighted by molar-refractivity contribution is -0.136. The molecule has 1 saturated heterocycles. The zero-order valence-electron chi connectivity index (χ0n) is 28.9. The number of amides is 4. The van der Waals surface area contributed by atoms with Crippen molar-refractivity contribution in [3.05, 3.63) is 125 Å². The smallest absolute Gasteiger partial charge is 0.264 e. The van der Waals surface area contributed by atoms with Crippen LogP contribution in [0.25, 0.3) is 11.1 Å². The second-order valence-electron chi connectivity index (χ2n) is 12.3. The number of anilines is 1. The lowest BCUT2D eigenvalue weighted by Crippen LogP contribution is -2.54. The van der Waals surface area contributed by atoms with Crippen molar-refractivity contribution in [3.63, 3.8) is 0 Å². The summed E-state index contributed by atoms with van der Waals surface area (Å²) < 4.78 is 17.3. The molecule has 1 unspecified atom stereocenters. The van der Waals surface area contributed by atoms with Crippen LogP contribution in [-0.4, -0.2) is 79.3 Å². The van der Waals surface area contributed by atoms with Crippen LogP contribution in [0.1, 0.15) is 63.6 Å². The van der Waals surface area contributed by atoms with E-state index in [0.717, 1.165) is 39.3 Å². The van der Waals surface area contributed by atoms with Gasteiger partial charge in [-0.3, -0.25) is 29.4 Å². The summed E-state index contributed by atoms with van der Waals surface area (Å²) in [6, 6.07) is 29.5. The first-order valence-electron chi connectivity index (χ1n) is 17.4. The Balaban J connectivity index is 0.929. The number of nitrogens with one attached hydrogen (secondary N) is 2. The monoisotopic (exact) mass is 703 g/mol. The quantitative estimate of drug-likeness (QED) is 0.0763. The third-order valence-corrected chi connectivity index (χ3v) is 8.97. The minimum absolute atomic E-state index is 0.0646. The van der Waals surface area contributed by atoms with Crippen molar-refractivity contribution in [1.82, 2.24) is 10.2 Å². The molecule has 2 heterocycles. The van der Waals surface area contributed by atoms with Gasteiger partial charge in [-0.15, -0.1) is 0 Å². The van der Waals surface area contributed by atoms with Crippen molar-refractivity contribution in [2.24, 2.45) is 0 Å². The number of hydrogen-bond acceptors (Lipinski definition) is 9. The van der Waals surface area contributed by atoms with Crippen LogP contribution in [0.4, 0.5) is 5.69 Å². The van der Waals surface area contributed by atoms with Crippen molar-refractivity contribution in [2.45, 2.75) is 32.2 Å². The van der Waals surface area contributed by atoms with Crippen LogP contribution in [0.15, 0.2) is 97.1 Å². The van der Waals surface area contributed by atoms with Crippen LogP contribution in [0.5, 0.6) is 11.5 Å². The second-order valence-corrected chi connectivity index (χ2v) is 12.3. The molecule has 4 aromatic carbocycles. The fourth-order valence-corrected chi connectivity index (χ4v) is 6.49. The Kier molecular flexibility index (Phi) is 11.7. The van der Waals surface area contributed by atoms with Gasteiger partial charge in [0.25, 0.3) is 11.8 Å². The zero-order chi connectivity index (χ0) is 36.5. The number of ether oxygens (including phenoxy) is 3. The van der Waals surface area contributed by atoms with Crippen molar-refractivity contribution in [2.75, 3.05) is 44.9 Å². The molecule has 0 spiro atoms. The SMILES string of the molecule is CC/C(=C(\c1ccc(O)cc1)c1ccc(OCCOCCOCCNc2cccc3c2C(=O)N(C2CCC(=O)NC2=O)C3=O)cc1)c1ccccc1. The number of allylic oxidation sites excluding steroid dienone is 1. The van der Waals surface area contributed by atoms with Gasteiger partial charge in [0, 0.05) is 18.7 Å². The predicted molar refractivity (Wildman–Crippen MR) is 196 cm³/mol. The van der Waals surface area contributed by atoms with Gasteiger partial charge in [-0.1, -0.05) is 67.6 Å². The summed E-state index contributed by atoms with van der Waals surface area (Å²) in [5.74, 6) is -1.22. The van der Waals surface area contributed by atoms with E-state index >= 15 is 0 Å². The van der Waals surface area contributed by atoms with E-state index in [1.807, 2.05) is 54.6 Å². The number of hydrogen-bond donors (Lipinski definition) is 3. The summed E-state index contributed by atoms with van der Waals surface area (Å²) >= 11 is 0. The van der Waals surface area contributed by atoms with E-state index in [4.69, 9.17) is 14.2 Å². The highest BCUT2D eigenvalue weighted by Crippen LogP contribution is 2.36. The van der Waals surface area contributed by atoms with Gasteiger partial charge >= 0.3 is 0 Å². The van der Waals surface area contributed by atoms with Gasteiger partial charge in [0.2, 0.25) is 11.8 Å². The van der Waals surface area contributed by atoms with Gasteiger partial charge in [0.15, 0.2) is 0 Å². The van der Waals surface area contributed by atoms with E-state index in [2.05, 4.69) is 29.7 Å². The van der Waals surface area contributed by atoms with Gasteiger partial charge in [-0.25, -0.2) is 0 Å². The summed E-state index contributed by atoms with van der Waals surface area (Å²) in [7, 11) is 0. The molecule has 268 valence electrons. The Hall–Kier alpha value is -5.78. The first kappa shape index (κ1) is 36.0. The maximum atomic E-state index is 13.2. The molecular weight excluding hydrogens is 662 g/mol. The fourth-order valence-electron chi connectivity index (χ4n) is 6.49. The number of carbonyl (C=O) groups excluding carboxylic acids is 4. The van der Waals surface area contributed by atoms with Crippen LogP contribution >= 0.6 is 0 Å². The summed E-state index contributed by atoms with van der Waals surface area (Å²) in [5.41, 5.74) is 6.44. The number of phenols is 1. The largest absolute Gasteiger partial charge is 0.508 e. The third kappa shape index (κ3) is 8.22. The van der Waals surface area contributed by atoms with Crippen molar-refractivity contribution in [3.8, 4) is 11.5 Å². The Bertz CT molecular complexity index is 1940. The van der Waals surface area contributed by atoms with Gasteiger partial charge in [-0.2, -0.15) is 0 Å². The minimum Gasteiger partial charge on any atom is -0.508 e. The van der Waals surface area contributed by atoms with Crippen molar-refractivity contribution < 1.29 is 38.5 Å². The number of rotatable bonds is 16. The maximum Gasteiger partial charge on any atom is 0.264 e. The Morgan fingerprint density at radius 2 is 1.44 bits per heavy atom. The number of carbonyl (C=O) groups is 4. The van der Waals surface area contributed by atoms with Gasteiger partial charge in [0.05, 0.1) is 37.6 Å².